The van der Waals surface area contributed by atoms with Gasteiger partial charge in [-0.2, -0.15) is 0 Å². The van der Waals surface area contributed by atoms with Crippen molar-refractivity contribution in [2.45, 2.75) is 26.2 Å². The maximum atomic E-state index is 13.3. The van der Waals surface area contributed by atoms with Gasteiger partial charge in [-0.25, -0.2) is 18.0 Å². The molecule has 0 aliphatic carbocycles. The van der Waals surface area contributed by atoms with Gasteiger partial charge >= 0.3 is 6.03 Å². The van der Waals surface area contributed by atoms with E-state index in [1.54, 1.807) is 0 Å². The summed E-state index contributed by atoms with van der Waals surface area (Å²) in [6.45, 7) is 2.32. The van der Waals surface area contributed by atoms with E-state index < -0.39 is 29.2 Å². The van der Waals surface area contributed by atoms with Crippen LogP contribution in [0.2, 0.25) is 0 Å². The molecule has 0 bridgehead atoms. The molecule has 1 rings (SSSR count). The first-order valence-electron chi connectivity index (χ1n) is 6.78. The number of halogens is 3. The summed E-state index contributed by atoms with van der Waals surface area (Å²) in [5, 5.41) is 13.5. The summed E-state index contributed by atoms with van der Waals surface area (Å²) in [7, 11) is 0. The van der Waals surface area contributed by atoms with E-state index in [-0.39, 0.29) is 12.5 Å². The fourth-order valence-corrected chi connectivity index (χ4v) is 1.96. The van der Waals surface area contributed by atoms with Crippen LogP contribution < -0.4 is 10.6 Å². The number of nitrogens with one attached hydrogen (secondary N) is 2. The molecule has 0 radical (unpaired) electrons. The number of aliphatic hydroxyl groups excluding tert-OH is 1. The van der Waals surface area contributed by atoms with E-state index in [0.717, 1.165) is 12.8 Å². The monoisotopic (exact) mass is 304 g/mol. The molecule has 1 aromatic carbocycles. The Bertz CT molecular complexity index is 478. The van der Waals surface area contributed by atoms with Crippen LogP contribution in [-0.2, 0) is 0 Å². The summed E-state index contributed by atoms with van der Waals surface area (Å²) in [6, 6.07) is 0.247. The molecule has 1 unspecified atom stereocenters. The van der Waals surface area contributed by atoms with E-state index in [0.29, 0.717) is 25.1 Å². The fourth-order valence-electron chi connectivity index (χ4n) is 1.96. The van der Waals surface area contributed by atoms with Crippen LogP contribution in [0, 0.1) is 23.4 Å². The van der Waals surface area contributed by atoms with Gasteiger partial charge in [-0.1, -0.05) is 13.3 Å². The zero-order valence-corrected chi connectivity index (χ0v) is 11.8. The van der Waals surface area contributed by atoms with Crippen molar-refractivity contribution in [2.24, 2.45) is 5.92 Å². The molecule has 0 fully saturated rings. The van der Waals surface area contributed by atoms with Crippen LogP contribution in [0.15, 0.2) is 12.1 Å². The third-order valence-corrected chi connectivity index (χ3v) is 3.04. The summed E-state index contributed by atoms with van der Waals surface area (Å²) < 4.78 is 39.1. The second-order valence-corrected chi connectivity index (χ2v) is 4.75. The Hall–Kier alpha value is -1.76. The van der Waals surface area contributed by atoms with E-state index in [9.17, 15) is 18.0 Å². The first-order valence-corrected chi connectivity index (χ1v) is 6.78. The highest BCUT2D eigenvalue weighted by molar-refractivity contribution is 5.89. The molecule has 118 valence electrons. The molecule has 0 saturated heterocycles. The minimum atomic E-state index is -1.32. The van der Waals surface area contributed by atoms with Gasteiger partial charge in [-0.15, -0.1) is 0 Å². The fraction of sp³-hybridized carbons (Fsp3) is 0.500. The third-order valence-electron chi connectivity index (χ3n) is 3.04. The Kier molecular flexibility index (Phi) is 7.01. The van der Waals surface area contributed by atoms with Crippen LogP contribution in [0.5, 0.6) is 0 Å². The van der Waals surface area contributed by atoms with Crippen molar-refractivity contribution in [1.82, 2.24) is 5.32 Å². The summed E-state index contributed by atoms with van der Waals surface area (Å²) >= 11 is 0. The van der Waals surface area contributed by atoms with E-state index in [2.05, 4.69) is 10.6 Å². The quantitative estimate of drug-likeness (QED) is 0.678. The maximum Gasteiger partial charge on any atom is 0.319 e. The van der Waals surface area contributed by atoms with Crippen LogP contribution in [-0.4, -0.2) is 24.3 Å². The Balaban J connectivity index is 2.55. The normalized spacial score (nSPS) is 12.0. The SMILES string of the molecule is CCCC(CCO)CNC(=O)Nc1cc(F)c(F)cc1F. The summed E-state index contributed by atoms with van der Waals surface area (Å²) in [4.78, 5) is 11.6. The zero-order chi connectivity index (χ0) is 15.8. The Labute approximate surface area is 121 Å². The van der Waals surface area contributed by atoms with Crippen LogP contribution in [0.1, 0.15) is 26.2 Å². The number of hydrogen-bond acceptors (Lipinski definition) is 2. The number of carbonyl (C=O) groups excluding carboxylic acids is 1. The van der Waals surface area contributed by atoms with Gasteiger partial charge in [0.15, 0.2) is 11.6 Å². The van der Waals surface area contributed by atoms with Crippen molar-refractivity contribution in [3.05, 3.63) is 29.6 Å². The van der Waals surface area contributed by atoms with Crippen LogP contribution >= 0.6 is 0 Å². The van der Waals surface area contributed by atoms with Gasteiger partial charge in [0.05, 0.1) is 5.69 Å². The lowest BCUT2D eigenvalue weighted by Gasteiger charge is -2.16. The molecule has 0 aliphatic heterocycles. The molecule has 0 aliphatic rings. The first-order chi connectivity index (χ1) is 9.97. The molecular weight excluding hydrogens is 285 g/mol. The summed E-state index contributed by atoms with van der Waals surface area (Å²) in [5.74, 6) is -3.50. The average molecular weight is 304 g/mol. The highest BCUT2D eigenvalue weighted by Crippen LogP contribution is 2.18. The second kappa shape index (κ2) is 8.51. The van der Waals surface area contributed by atoms with Gasteiger partial charge in [0.25, 0.3) is 0 Å². The number of benzene rings is 1. The maximum absolute atomic E-state index is 13.3. The van der Waals surface area contributed by atoms with Crippen LogP contribution in [0.4, 0.5) is 23.7 Å². The van der Waals surface area contributed by atoms with Crippen LogP contribution in [0.3, 0.4) is 0 Å². The van der Waals surface area contributed by atoms with Crippen molar-refractivity contribution in [3.8, 4) is 0 Å². The van der Waals surface area contributed by atoms with E-state index in [1.807, 2.05) is 6.92 Å². The predicted molar refractivity (Wildman–Crippen MR) is 73.4 cm³/mol. The Morgan fingerprint density at radius 2 is 1.86 bits per heavy atom. The standard InChI is InChI=1S/C14H19F3N2O2/c1-2-3-9(4-5-20)8-18-14(21)19-13-7-11(16)10(15)6-12(13)17/h6-7,9,20H,2-5,8H2,1H3,(H2,18,19,21). The topological polar surface area (TPSA) is 61.4 Å². The summed E-state index contributed by atoms with van der Waals surface area (Å²) in [5.41, 5.74) is -0.430. The number of amides is 2. The molecule has 7 heteroatoms. The second-order valence-electron chi connectivity index (χ2n) is 4.75. The molecule has 1 atom stereocenters. The molecule has 1 aromatic rings. The van der Waals surface area contributed by atoms with E-state index >= 15 is 0 Å². The lowest BCUT2D eigenvalue weighted by Crippen LogP contribution is -2.33. The number of anilines is 1. The average Bonchev–Trinajstić information content (AvgIpc) is 2.42. The van der Waals surface area contributed by atoms with Crippen molar-refractivity contribution in [1.29, 1.82) is 0 Å². The van der Waals surface area contributed by atoms with Gasteiger partial charge < -0.3 is 15.7 Å². The molecular formula is C14H19F3N2O2. The van der Waals surface area contributed by atoms with Gasteiger partial charge in [0, 0.05) is 25.3 Å². The van der Waals surface area contributed by atoms with E-state index in [4.69, 9.17) is 5.11 Å². The number of urea groups is 1. The highest BCUT2D eigenvalue weighted by atomic mass is 19.2. The molecule has 2 amide bonds. The third kappa shape index (κ3) is 5.63. The van der Waals surface area contributed by atoms with Gasteiger partial charge in [-0.05, 0) is 18.8 Å². The smallest absolute Gasteiger partial charge is 0.319 e. The molecule has 4 nitrogen and oxygen atoms in total. The van der Waals surface area contributed by atoms with Crippen molar-refractivity contribution in [3.63, 3.8) is 0 Å². The Morgan fingerprint density at radius 1 is 1.19 bits per heavy atom. The molecule has 21 heavy (non-hydrogen) atoms. The van der Waals surface area contributed by atoms with Crippen molar-refractivity contribution < 1.29 is 23.1 Å². The lowest BCUT2D eigenvalue weighted by atomic mass is 10.0. The first kappa shape index (κ1) is 17.3. The number of aliphatic hydroxyl groups is 1. The van der Waals surface area contributed by atoms with Crippen LogP contribution in [0.25, 0.3) is 0 Å². The van der Waals surface area contributed by atoms with Gasteiger partial charge in [0.1, 0.15) is 5.82 Å². The molecule has 0 saturated carbocycles. The Morgan fingerprint density at radius 3 is 2.48 bits per heavy atom. The minimum Gasteiger partial charge on any atom is -0.396 e. The largest absolute Gasteiger partial charge is 0.396 e. The van der Waals surface area contributed by atoms with Crippen molar-refractivity contribution >= 4 is 11.7 Å². The zero-order valence-electron chi connectivity index (χ0n) is 11.8. The molecule has 3 N–H and O–H groups in total. The van der Waals surface area contributed by atoms with Gasteiger partial charge in [-0.3, -0.25) is 0 Å². The lowest BCUT2D eigenvalue weighted by molar-refractivity contribution is 0.236. The van der Waals surface area contributed by atoms with E-state index in [1.165, 1.54) is 0 Å². The number of hydrogen-bond donors (Lipinski definition) is 3. The van der Waals surface area contributed by atoms with Gasteiger partial charge in [0.2, 0.25) is 0 Å². The predicted octanol–water partition coefficient (Wildman–Crippen LogP) is 3.02. The highest BCUT2D eigenvalue weighted by Gasteiger charge is 2.13. The minimum absolute atomic E-state index is 0.0196. The summed E-state index contributed by atoms with van der Waals surface area (Å²) in [6.07, 6.45) is 2.29. The molecule has 0 heterocycles. The van der Waals surface area contributed by atoms with Crippen molar-refractivity contribution in [2.75, 3.05) is 18.5 Å². The molecule has 0 spiro atoms. The number of rotatable bonds is 7. The number of carbonyl (C=O) groups is 1. The molecule has 0 aromatic heterocycles.